The summed E-state index contributed by atoms with van der Waals surface area (Å²) in [5, 5.41) is 19.7. The van der Waals surface area contributed by atoms with Crippen molar-refractivity contribution in [1.29, 1.82) is 0 Å². The van der Waals surface area contributed by atoms with Gasteiger partial charge in [0.2, 0.25) is 5.78 Å². The number of carbonyl (C=O) groups is 3. The number of piperidine rings is 1. The SMILES string of the molecule is O=C1CC(=O)C(c2ccc(N3CCC(C(=O)O)CC3)s2)=C1O. The number of hydrogen-bond acceptors (Lipinski definition) is 6. The van der Waals surface area contributed by atoms with Crippen LogP contribution in [0.2, 0.25) is 0 Å². The molecule has 116 valence electrons. The fourth-order valence-electron chi connectivity index (χ4n) is 2.82. The number of rotatable bonds is 3. The van der Waals surface area contributed by atoms with Crippen LogP contribution in [-0.4, -0.2) is 40.8 Å². The van der Waals surface area contributed by atoms with Crippen molar-refractivity contribution in [1.82, 2.24) is 0 Å². The highest BCUT2D eigenvalue weighted by molar-refractivity contribution is 7.17. The molecule has 0 radical (unpaired) electrons. The molecule has 0 spiro atoms. The van der Waals surface area contributed by atoms with E-state index in [0.717, 1.165) is 5.00 Å². The van der Waals surface area contributed by atoms with E-state index in [1.807, 2.05) is 6.07 Å². The second-order valence-corrected chi connectivity index (χ2v) is 6.55. The zero-order valence-electron chi connectivity index (χ0n) is 11.7. The minimum atomic E-state index is -0.753. The molecule has 1 aromatic heterocycles. The Morgan fingerprint density at radius 2 is 1.86 bits per heavy atom. The molecule has 22 heavy (non-hydrogen) atoms. The summed E-state index contributed by atoms with van der Waals surface area (Å²) in [6.45, 7) is 1.30. The summed E-state index contributed by atoms with van der Waals surface area (Å²) in [6.07, 6.45) is 0.917. The number of anilines is 1. The van der Waals surface area contributed by atoms with Gasteiger partial charge in [-0.05, 0) is 25.0 Å². The molecule has 0 saturated carbocycles. The van der Waals surface area contributed by atoms with Gasteiger partial charge in [0.1, 0.15) is 0 Å². The van der Waals surface area contributed by atoms with E-state index in [2.05, 4.69) is 4.90 Å². The molecule has 3 rings (SSSR count). The number of nitrogens with zero attached hydrogens (tertiary/aromatic N) is 1. The first-order valence-corrected chi connectivity index (χ1v) is 7.86. The molecule has 1 saturated heterocycles. The standard InChI is InChI=1S/C15H15NO5S/c17-9-7-10(18)14(19)13(9)11-1-2-12(22-11)16-5-3-8(4-6-16)15(20)21/h1-2,8,19H,3-7H2,(H,20,21). The van der Waals surface area contributed by atoms with Gasteiger partial charge in [0, 0.05) is 18.0 Å². The number of aliphatic carboxylic acids is 1. The Kier molecular flexibility index (Phi) is 3.74. The third-order valence-electron chi connectivity index (χ3n) is 4.09. The fraction of sp³-hybridized carbons (Fsp3) is 0.400. The summed E-state index contributed by atoms with van der Waals surface area (Å²) >= 11 is 1.34. The number of carboxylic acid groups (broad SMARTS) is 1. The van der Waals surface area contributed by atoms with E-state index in [4.69, 9.17) is 5.11 Å². The first-order valence-electron chi connectivity index (χ1n) is 7.05. The Morgan fingerprint density at radius 1 is 1.18 bits per heavy atom. The lowest BCUT2D eigenvalue weighted by atomic mass is 9.97. The van der Waals surface area contributed by atoms with E-state index >= 15 is 0 Å². The van der Waals surface area contributed by atoms with Crippen LogP contribution in [0.15, 0.2) is 17.9 Å². The van der Waals surface area contributed by atoms with Gasteiger partial charge in [-0.1, -0.05) is 0 Å². The third kappa shape index (κ3) is 2.52. The number of aliphatic hydroxyl groups is 1. The topological polar surface area (TPSA) is 94.9 Å². The number of hydrogen-bond donors (Lipinski definition) is 2. The summed E-state index contributed by atoms with van der Waals surface area (Å²) in [7, 11) is 0. The molecule has 1 aliphatic carbocycles. The molecule has 2 heterocycles. The monoisotopic (exact) mass is 321 g/mol. The Labute approximate surface area is 130 Å². The molecule has 0 amide bonds. The van der Waals surface area contributed by atoms with Gasteiger partial charge in [-0.25, -0.2) is 0 Å². The molecule has 0 aromatic carbocycles. The normalized spacial score (nSPS) is 20.1. The van der Waals surface area contributed by atoms with Gasteiger partial charge in [0.25, 0.3) is 0 Å². The minimum absolute atomic E-state index is 0.113. The molecule has 0 atom stereocenters. The van der Waals surface area contributed by atoms with Crippen LogP contribution >= 0.6 is 11.3 Å². The van der Waals surface area contributed by atoms with E-state index in [-0.39, 0.29) is 23.7 Å². The fourth-order valence-corrected chi connectivity index (χ4v) is 3.94. The number of allylic oxidation sites excluding steroid dienone is 2. The summed E-state index contributed by atoms with van der Waals surface area (Å²) < 4.78 is 0. The van der Waals surface area contributed by atoms with Gasteiger partial charge in [0.15, 0.2) is 11.5 Å². The van der Waals surface area contributed by atoms with Crippen molar-refractivity contribution in [3.8, 4) is 0 Å². The molecule has 0 bridgehead atoms. The average molecular weight is 321 g/mol. The summed E-state index contributed by atoms with van der Waals surface area (Å²) in [4.78, 5) is 36.8. The Bertz CT molecular complexity index is 682. The lowest BCUT2D eigenvalue weighted by Crippen LogP contribution is -2.35. The summed E-state index contributed by atoms with van der Waals surface area (Å²) in [6, 6.07) is 3.57. The van der Waals surface area contributed by atoms with Crippen LogP contribution in [-0.2, 0) is 14.4 Å². The maximum atomic E-state index is 11.8. The van der Waals surface area contributed by atoms with Crippen molar-refractivity contribution in [2.24, 2.45) is 5.92 Å². The highest BCUT2D eigenvalue weighted by Gasteiger charge is 2.33. The second kappa shape index (κ2) is 5.57. The number of carboxylic acids is 1. The van der Waals surface area contributed by atoms with Gasteiger partial charge < -0.3 is 15.1 Å². The zero-order valence-corrected chi connectivity index (χ0v) is 12.6. The predicted octanol–water partition coefficient (Wildman–Crippen LogP) is 1.86. The largest absolute Gasteiger partial charge is 0.504 e. The number of ketones is 2. The maximum Gasteiger partial charge on any atom is 0.306 e. The van der Waals surface area contributed by atoms with E-state index < -0.39 is 17.5 Å². The Hall–Kier alpha value is -2.15. The quantitative estimate of drug-likeness (QED) is 0.825. The highest BCUT2D eigenvalue weighted by atomic mass is 32.1. The number of thiophene rings is 1. The lowest BCUT2D eigenvalue weighted by Gasteiger charge is -2.30. The van der Waals surface area contributed by atoms with Crippen molar-refractivity contribution >= 4 is 39.4 Å². The molecule has 6 nitrogen and oxygen atoms in total. The van der Waals surface area contributed by atoms with Gasteiger partial charge in [-0.3, -0.25) is 14.4 Å². The van der Waals surface area contributed by atoms with E-state index in [1.54, 1.807) is 6.07 Å². The predicted molar refractivity (Wildman–Crippen MR) is 81.1 cm³/mol. The first-order chi connectivity index (χ1) is 10.5. The van der Waals surface area contributed by atoms with Gasteiger partial charge in [-0.15, -0.1) is 11.3 Å². The number of aliphatic hydroxyl groups excluding tert-OH is 1. The first kappa shape index (κ1) is 14.8. The van der Waals surface area contributed by atoms with Gasteiger partial charge in [-0.2, -0.15) is 0 Å². The molecule has 2 aliphatic rings. The van der Waals surface area contributed by atoms with E-state index in [1.165, 1.54) is 11.3 Å². The van der Waals surface area contributed by atoms with Crippen LogP contribution in [0, 0.1) is 5.92 Å². The van der Waals surface area contributed by atoms with Crippen LogP contribution in [0.4, 0.5) is 5.00 Å². The van der Waals surface area contributed by atoms with Crippen molar-refractivity contribution in [2.75, 3.05) is 18.0 Å². The zero-order chi connectivity index (χ0) is 15.9. The van der Waals surface area contributed by atoms with Crippen LogP contribution in [0.25, 0.3) is 5.57 Å². The van der Waals surface area contributed by atoms with Crippen molar-refractivity contribution in [3.63, 3.8) is 0 Å². The van der Waals surface area contributed by atoms with E-state index in [0.29, 0.717) is 30.8 Å². The molecule has 1 fully saturated rings. The molecule has 1 aromatic rings. The van der Waals surface area contributed by atoms with E-state index in [9.17, 15) is 19.5 Å². The van der Waals surface area contributed by atoms with Crippen LogP contribution in [0.3, 0.4) is 0 Å². The number of carbonyl (C=O) groups excluding carboxylic acids is 2. The summed E-state index contributed by atoms with van der Waals surface area (Å²) in [5.74, 6) is -2.37. The Balaban J connectivity index is 1.77. The van der Waals surface area contributed by atoms with Crippen molar-refractivity contribution in [3.05, 3.63) is 22.8 Å². The van der Waals surface area contributed by atoms with Crippen molar-refractivity contribution in [2.45, 2.75) is 19.3 Å². The smallest absolute Gasteiger partial charge is 0.306 e. The average Bonchev–Trinajstić information content (AvgIpc) is 3.05. The third-order valence-corrected chi connectivity index (χ3v) is 5.26. The second-order valence-electron chi connectivity index (χ2n) is 5.48. The molecule has 1 aliphatic heterocycles. The van der Waals surface area contributed by atoms with Gasteiger partial charge in [0.05, 0.1) is 22.9 Å². The van der Waals surface area contributed by atoms with Gasteiger partial charge >= 0.3 is 5.97 Å². The molecule has 7 heteroatoms. The lowest BCUT2D eigenvalue weighted by molar-refractivity contribution is -0.142. The molecular weight excluding hydrogens is 306 g/mol. The van der Waals surface area contributed by atoms with Crippen LogP contribution in [0.1, 0.15) is 24.1 Å². The summed E-state index contributed by atoms with van der Waals surface area (Å²) in [5.41, 5.74) is 0.113. The highest BCUT2D eigenvalue weighted by Crippen LogP contribution is 2.37. The molecule has 2 N–H and O–H groups in total. The van der Waals surface area contributed by atoms with Crippen LogP contribution in [0.5, 0.6) is 0 Å². The van der Waals surface area contributed by atoms with Crippen LogP contribution < -0.4 is 4.90 Å². The maximum absolute atomic E-state index is 11.8. The molecular formula is C15H15NO5S. The Morgan fingerprint density at radius 3 is 2.41 bits per heavy atom. The molecule has 0 unspecified atom stereocenters. The number of Topliss-reactive ketones (excluding diaryl/α,β-unsaturated/α-hetero) is 2. The van der Waals surface area contributed by atoms with Crippen molar-refractivity contribution < 1.29 is 24.6 Å². The minimum Gasteiger partial charge on any atom is -0.504 e.